The zero-order chi connectivity index (χ0) is 12.3. The molecule has 0 atom stereocenters. The van der Waals surface area contributed by atoms with Crippen LogP contribution >= 0.6 is 0 Å². The van der Waals surface area contributed by atoms with Crippen LogP contribution in [0.25, 0.3) is 0 Å². The molecule has 1 aromatic heterocycles. The van der Waals surface area contributed by atoms with Gasteiger partial charge in [0.15, 0.2) is 5.82 Å². The Hall–Kier alpha value is -1.52. The Morgan fingerprint density at radius 3 is 2.59 bits per heavy atom. The number of aromatic nitrogens is 2. The summed E-state index contributed by atoms with van der Waals surface area (Å²) in [5, 5.41) is 6.90. The molecule has 0 spiro atoms. The predicted octanol–water partition coefficient (Wildman–Crippen LogP) is 1.91. The first-order valence-electron chi connectivity index (χ1n) is 6.27. The van der Waals surface area contributed by atoms with Gasteiger partial charge < -0.3 is 11.1 Å². The fourth-order valence-electron chi connectivity index (χ4n) is 2.37. The van der Waals surface area contributed by atoms with E-state index >= 15 is 0 Å². The lowest BCUT2D eigenvalue weighted by atomic mass is 9.99. The number of hydrogen-bond donors (Lipinski definition) is 2. The van der Waals surface area contributed by atoms with Crippen molar-refractivity contribution in [3.63, 3.8) is 0 Å². The molecule has 0 bridgehead atoms. The Kier molecular flexibility index (Phi) is 3.66. The quantitative estimate of drug-likeness (QED) is 0.770. The minimum atomic E-state index is 0.0854. The van der Waals surface area contributed by atoms with Crippen molar-refractivity contribution < 1.29 is 4.79 Å². The third-order valence-electron chi connectivity index (χ3n) is 3.43. The molecule has 5 heteroatoms. The zero-order valence-corrected chi connectivity index (χ0v) is 10.3. The van der Waals surface area contributed by atoms with E-state index in [1.54, 1.807) is 17.9 Å². The second-order valence-corrected chi connectivity index (χ2v) is 4.75. The van der Waals surface area contributed by atoms with Gasteiger partial charge in [-0.25, -0.2) is 0 Å². The van der Waals surface area contributed by atoms with E-state index in [0.29, 0.717) is 11.5 Å². The van der Waals surface area contributed by atoms with Crippen molar-refractivity contribution in [2.45, 2.75) is 38.5 Å². The summed E-state index contributed by atoms with van der Waals surface area (Å²) in [6.45, 7) is 0. The third-order valence-corrected chi connectivity index (χ3v) is 3.43. The van der Waals surface area contributed by atoms with E-state index in [0.717, 1.165) is 25.7 Å². The van der Waals surface area contributed by atoms with E-state index in [2.05, 4.69) is 10.4 Å². The summed E-state index contributed by atoms with van der Waals surface area (Å²) in [4.78, 5) is 12.1. The summed E-state index contributed by atoms with van der Waals surface area (Å²) in [6.07, 6.45) is 8.34. The van der Waals surface area contributed by atoms with Gasteiger partial charge in [-0.2, -0.15) is 5.10 Å². The first kappa shape index (κ1) is 12.0. The van der Waals surface area contributed by atoms with Crippen LogP contribution in [-0.2, 0) is 11.8 Å². The molecule has 0 radical (unpaired) electrons. The van der Waals surface area contributed by atoms with Gasteiger partial charge in [-0.3, -0.25) is 9.48 Å². The van der Waals surface area contributed by atoms with Crippen LogP contribution in [0.5, 0.6) is 0 Å². The van der Waals surface area contributed by atoms with Gasteiger partial charge in [0.25, 0.3) is 0 Å². The molecule has 1 aliphatic carbocycles. The Morgan fingerprint density at radius 1 is 1.41 bits per heavy atom. The molecule has 1 amide bonds. The number of anilines is 2. The van der Waals surface area contributed by atoms with Crippen LogP contribution in [0.1, 0.15) is 38.5 Å². The number of nitrogens with two attached hydrogens (primary N) is 1. The average Bonchev–Trinajstić information content (AvgIpc) is 2.59. The Morgan fingerprint density at radius 2 is 2.06 bits per heavy atom. The third kappa shape index (κ3) is 2.78. The molecule has 1 fully saturated rings. The molecule has 2 rings (SSSR count). The Bertz CT molecular complexity index is 372. The van der Waals surface area contributed by atoms with Crippen LogP contribution in [0.2, 0.25) is 0 Å². The van der Waals surface area contributed by atoms with Crippen LogP contribution in [0.3, 0.4) is 0 Å². The van der Waals surface area contributed by atoms with E-state index in [4.69, 9.17) is 5.73 Å². The summed E-state index contributed by atoms with van der Waals surface area (Å²) in [7, 11) is 1.78. The van der Waals surface area contributed by atoms with Crippen molar-refractivity contribution in [1.29, 1.82) is 0 Å². The van der Waals surface area contributed by atoms with E-state index in [1.807, 2.05) is 0 Å². The van der Waals surface area contributed by atoms with Gasteiger partial charge in [0.1, 0.15) is 0 Å². The fraction of sp³-hybridized carbons (Fsp3) is 0.667. The Labute approximate surface area is 101 Å². The van der Waals surface area contributed by atoms with Crippen LogP contribution in [-0.4, -0.2) is 15.7 Å². The number of nitrogens with zero attached hydrogens (tertiary/aromatic N) is 2. The molecule has 0 unspecified atom stereocenters. The topological polar surface area (TPSA) is 72.9 Å². The lowest BCUT2D eigenvalue weighted by molar-refractivity contribution is -0.120. The first-order chi connectivity index (χ1) is 8.18. The minimum Gasteiger partial charge on any atom is -0.394 e. The highest BCUT2D eigenvalue weighted by Gasteiger charge is 2.21. The van der Waals surface area contributed by atoms with E-state index < -0.39 is 0 Å². The number of aryl methyl sites for hydroxylation is 1. The van der Waals surface area contributed by atoms with Crippen LogP contribution in [0, 0.1) is 5.92 Å². The highest BCUT2D eigenvalue weighted by atomic mass is 16.2. The molecule has 0 aromatic carbocycles. The van der Waals surface area contributed by atoms with E-state index in [-0.39, 0.29) is 11.8 Å². The molecule has 1 aliphatic rings. The largest absolute Gasteiger partial charge is 0.394 e. The molecule has 0 saturated heterocycles. The summed E-state index contributed by atoms with van der Waals surface area (Å²) in [5.74, 6) is 0.827. The summed E-state index contributed by atoms with van der Waals surface area (Å²) < 4.78 is 1.60. The molecular formula is C12H20N4O. The second kappa shape index (κ2) is 5.21. The zero-order valence-electron chi connectivity index (χ0n) is 10.3. The van der Waals surface area contributed by atoms with Gasteiger partial charge in [-0.1, -0.05) is 25.7 Å². The van der Waals surface area contributed by atoms with Gasteiger partial charge in [-0.05, 0) is 12.8 Å². The molecular weight excluding hydrogens is 216 g/mol. The molecule has 94 valence electrons. The highest BCUT2D eigenvalue weighted by Crippen LogP contribution is 2.25. The number of hydrogen-bond acceptors (Lipinski definition) is 3. The monoisotopic (exact) mass is 236 g/mol. The van der Waals surface area contributed by atoms with Crippen molar-refractivity contribution in [3.05, 3.63) is 6.20 Å². The smallest absolute Gasteiger partial charge is 0.228 e. The fourth-order valence-corrected chi connectivity index (χ4v) is 2.37. The summed E-state index contributed by atoms with van der Waals surface area (Å²) in [5.41, 5.74) is 6.27. The van der Waals surface area contributed by atoms with Crippen molar-refractivity contribution in [1.82, 2.24) is 9.78 Å². The van der Waals surface area contributed by atoms with Crippen molar-refractivity contribution >= 4 is 17.4 Å². The maximum Gasteiger partial charge on any atom is 0.228 e. The second-order valence-electron chi connectivity index (χ2n) is 4.75. The maximum absolute atomic E-state index is 12.1. The molecule has 17 heavy (non-hydrogen) atoms. The predicted molar refractivity (Wildman–Crippen MR) is 67.4 cm³/mol. The number of nitrogens with one attached hydrogen (secondary N) is 1. The summed E-state index contributed by atoms with van der Waals surface area (Å²) >= 11 is 0. The normalized spacial score (nSPS) is 17.7. The van der Waals surface area contributed by atoms with Gasteiger partial charge in [0.2, 0.25) is 5.91 Å². The van der Waals surface area contributed by atoms with Gasteiger partial charge >= 0.3 is 0 Å². The standard InChI is InChI=1S/C12H20N4O/c1-16-11(10(13)8-14-16)15-12(17)9-6-4-2-3-5-7-9/h8-9H,2-7,13H2,1H3,(H,15,17). The molecule has 1 aromatic rings. The molecule has 5 nitrogen and oxygen atoms in total. The molecule has 1 saturated carbocycles. The summed E-state index contributed by atoms with van der Waals surface area (Å²) in [6, 6.07) is 0. The lowest BCUT2D eigenvalue weighted by Crippen LogP contribution is -2.24. The van der Waals surface area contributed by atoms with Crippen LogP contribution < -0.4 is 11.1 Å². The van der Waals surface area contributed by atoms with E-state index in [9.17, 15) is 4.79 Å². The maximum atomic E-state index is 12.1. The number of carbonyl (C=O) groups excluding carboxylic acids is 1. The highest BCUT2D eigenvalue weighted by molar-refractivity contribution is 5.94. The first-order valence-corrected chi connectivity index (χ1v) is 6.27. The minimum absolute atomic E-state index is 0.0854. The van der Waals surface area contributed by atoms with Crippen molar-refractivity contribution in [2.24, 2.45) is 13.0 Å². The number of rotatable bonds is 2. The number of carbonyl (C=O) groups is 1. The lowest BCUT2D eigenvalue weighted by Gasteiger charge is -2.14. The Balaban J connectivity index is 2.00. The number of amides is 1. The van der Waals surface area contributed by atoms with Crippen molar-refractivity contribution in [3.8, 4) is 0 Å². The van der Waals surface area contributed by atoms with Crippen LogP contribution in [0.4, 0.5) is 11.5 Å². The average molecular weight is 236 g/mol. The molecule has 0 aliphatic heterocycles. The van der Waals surface area contributed by atoms with Crippen LogP contribution in [0.15, 0.2) is 6.20 Å². The van der Waals surface area contributed by atoms with Gasteiger partial charge in [0.05, 0.1) is 11.9 Å². The molecule has 1 heterocycles. The van der Waals surface area contributed by atoms with E-state index in [1.165, 1.54) is 12.8 Å². The SMILES string of the molecule is Cn1ncc(N)c1NC(=O)C1CCCCCC1. The number of nitrogen functional groups attached to an aromatic ring is 1. The van der Waals surface area contributed by atoms with Gasteiger partial charge in [-0.15, -0.1) is 0 Å². The van der Waals surface area contributed by atoms with Crippen molar-refractivity contribution in [2.75, 3.05) is 11.1 Å². The van der Waals surface area contributed by atoms with Gasteiger partial charge in [0, 0.05) is 13.0 Å². The molecule has 3 N–H and O–H groups in total.